The van der Waals surface area contributed by atoms with E-state index >= 15 is 0 Å². The van der Waals surface area contributed by atoms with Crippen LogP contribution in [0, 0.1) is 0 Å². The van der Waals surface area contributed by atoms with Crippen molar-refractivity contribution in [3.63, 3.8) is 0 Å². The van der Waals surface area contributed by atoms with E-state index in [-0.39, 0.29) is 24.0 Å². The molecule has 0 saturated heterocycles. The first kappa shape index (κ1) is 1490. The van der Waals surface area contributed by atoms with Gasteiger partial charge >= 0.3 is 1.43 Å². The van der Waals surface area contributed by atoms with Crippen molar-refractivity contribution in [2.45, 2.75) is 0 Å². The molecule has 4 heteroatoms. The average Bonchev–Trinajstić information content (AvgIpc) is 0. The minimum absolute atomic E-state index is 0. The highest BCUT2D eigenvalue weighted by molar-refractivity contribution is 5.75. The van der Waals surface area contributed by atoms with Crippen molar-refractivity contribution in [1.82, 2.24) is 0 Å². The molecule has 0 atom stereocenters. The van der Waals surface area contributed by atoms with Crippen LogP contribution in [0.15, 0.2) is 0 Å². The van der Waals surface area contributed by atoms with Gasteiger partial charge in [0.2, 0.25) is 0 Å². The third-order valence-electron chi connectivity index (χ3n) is 0. The molecule has 0 saturated carbocycles. The van der Waals surface area contributed by atoms with Crippen LogP contribution in [0.2, 0.25) is 0 Å². The standard InChI is InChI=1S/B.3FH/h;3*1H/p+1. The third-order valence-corrected chi connectivity index (χ3v) is 0. The number of hydrogen-bond acceptors (Lipinski definition) is 0. The van der Waals surface area contributed by atoms with E-state index in [0.717, 1.165) is 0 Å². The molecule has 0 bridgehead atoms. The average molecular weight is 71.8 g/mol. The van der Waals surface area contributed by atoms with Crippen molar-refractivity contribution < 1.29 is 15.5 Å². The molecule has 3 radical (unpaired) electrons. The Morgan fingerprint density at radius 1 is 0.750 bits per heavy atom. The van der Waals surface area contributed by atoms with E-state index in [4.69, 9.17) is 0 Å². The van der Waals surface area contributed by atoms with E-state index in [1.165, 1.54) is 0 Å². The molecule has 0 aliphatic heterocycles. The zero-order chi connectivity index (χ0) is 0. The van der Waals surface area contributed by atoms with E-state index < -0.39 is 0 Å². The summed E-state index contributed by atoms with van der Waals surface area (Å²) >= 11 is 0. The van der Waals surface area contributed by atoms with Gasteiger partial charge in [0.1, 0.15) is 0 Å². The highest BCUT2D eigenvalue weighted by Gasteiger charge is 0.0000112. The van der Waals surface area contributed by atoms with E-state index in [1.807, 2.05) is 0 Å². The van der Waals surface area contributed by atoms with Crippen molar-refractivity contribution >= 4 is 8.41 Å². The minimum atomic E-state index is 0. The summed E-state index contributed by atoms with van der Waals surface area (Å²) in [5.41, 5.74) is 0. The van der Waals surface area contributed by atoms with Crippen LogP contribution < -0.4 is 0 Å². The summed E-state index contributed by atoms with van der Waals surface area (Å²) in [5.74, 6) is 0. The molecule has 0 aliphatic rings. The lowest BCUT2D eigenvalue weighted by atomic mass is 10.8. The Morgan fingerprint density at radius 2 is 0.750 bits per heavy atom. The summed E-state index contributed by atoms with van der Waals surface area (Å²) in [6.45, 7) is 0. The molecule has 0 nitrogen and oxygen atoms in total. The Labute approximate surface area is 25.4 Å². The first-order valence-electron chi connectivity index (χ1n) is 0. The molecule has 27 valence electrons. The topological polar surface area (TPSA) is 0 Å². The SMILES string of the molecule is F.F.F.[B].[H+]. The van der Waals surface area contributed by atoms with Crippen molar-refractivity contribution in [3.05, 3.63) is 0 Å². The summed E-state index contributed by atoms with van der Waals surface area (Å²) in [5, 5.41) is 0. The fourth-order valence-electron chi connectivity index (χ4n) is 0. The Morgan fingerprint density at radius 3 is 0.750 bits per heavy atom. The van der Waals surface area contributed by atoms with Gasteiger partial charge in [0.05, 0.1) is 0 Å². The number of hydrogen-bond donors (Lipinski definition) is 0. The molecule has 0 spiro atoms. The summed E-state index contributed by atoms with van der Waals surface area (Å²) < 4.78 is 0. The Bertz CT molecular complexity index is 6.85. The maximum atomic E-state index is 0. The van der Waals surface area contributed by atoms with E-state index in [1.54, 1.807) is 0 Å². The minimum Gasteiger partial charge on any atom is -0.269 e. The van der Waals surface area contributed by atoms with Gasteiger partial charge in [0.15, 0.2) is 0 Å². The highest BCUT2D eigenvalue weighted by atomic mass is 19.0. The lowest BCUT2D eigenvalue weighted by Gasteiger charge is -0.270. The van der Waals surface area contributed by atoms with Crippen molar-refractivity contribution in [2.75, 3.05) is 0 Å². The van der Waals surface area contributed by atoms with Gasteiger partial charge < -0.3 is 0 Å². The summed E-state index contributed by atoms with van der Waals surface area (Å²) in [6, 6.07) is 0. The molecule has 0 fully saturated rings. The van der Waals surface area contributed by atoms with Crippen LogP contribution in [0.1, 0.15) is 1.43 Å². The smallest absolute Gasteiger partial charge is 0.269 e. The molecule has 0 aromatic rings. The fourth-order valence-corrected chi connectivity index (χ4v) is 0. The van der Waals surface area contributed by atoms with Crippen LogP contribution in [0.25, 0.3) is 0 Å². The molecule has 0 unspecified atom stereocenters. The molecule has 0 N–H and O–H groups in total. The van der Waals surface area contributed by atoms with E-state index in [9.17, 15) is 0 Å². The second-order valence-electron chi connectivity index (χ2n) is 0. The van der Waals surface area contributed by atoms with Gasteiger partial charge in [0.25, 0.3) is 0 Å². The quantitative estimate of drug-likeness (QED) is 0.358. The van der Waals surface area contributed by atoms with E-state index in [0.29, 0.717) is 0 Å². The number of rotatable bonds is 0. The van der Waals surface area contributed by atoms with Gasteiger partial charge in [-0.3, -0.25) is 14.1 Å². The fraction of sp³-hybridized carbons (Fsp3) is 0. The van der Waals surface area contributed by atoms with Gasteiger partial charge in [0, 0.05) is 8.41 Å². The summed E-state index contributed by atoms with van der Waals surface area (Å²) in [7, 11) is 0. The highest BCUT2D eigenvalue weighted by Crippen LogP contribution is 0.422. The van der Waals surface area contributed by atoms with Gasteiger partial charge in [-0.05, 0) is 0 Å². The van der Waals surface area contributed by atoms with Gasteiger partial charge in [-0.25, -0.2) is 0 Å². The van der Waals surface area contributed by atoms with Crippen LogP contribution in [0.4, 0.5) is 14.1 Å². The molecule has 4 heavy (non-hydrogen) atoms. The predicted molar refractivity (Wildman–Crippen MR) is 14.4 cm³/mol. The molecular formula is H4BF3+. The zero-order valence-electron chi connectivity index (χ0n) is 2.80. The second kappa shape index (κ2) is 467. The Hall–Kier alpha value is -0.145. The monoisotopic (exact) mass is 72.0 g/mol. The molecule has 0 amide bonds. The predicted octanol–water partition coefficient (Wildman–Crippen LogP) is 0.189. The number of halogens is 3. The Kier molecular flexibility index (Phi) is 174000. The van der Waals surface area contributed by atoms with Crippen molar-refractivity contribution in [1.29, 1.82) is 0 Å². The van der Waals surface area contributed by atoms with E-state index in [2.05, 4.69) is 0 Å². The molecule has 0 rings (SSSR count). The van der Waals surface area contributed by atoms with Gasteiger partial charge in [-0.15, -0.1) is 0 Å². The third kappa shape index (κ3) is 64.4. The van der Waals surface area contributed by atoms with Gasteiger partial charge in [-0.1, -0.05) is 0 Å². The first-order valence-corrected chi connectivity index (χ1v) is 0. The van der Waals surface area contributed by atoms with Crippen LogP contribution >= 0.6 is 0 Å². The maximum Gasteiger partial charge on any atom is 1.00 e. The molecule has 0 aromatic carbocycles. The van der Waals surface area contributed by atoms with Crippen LogP contribution in [0.3, 0.4) is 0 Å². The summed E-state index contributed by atoms with van der Waals surface area (Å²) in [4.78, 5) is 0. The molecule has 0 aliphatic carbocycles. The first-order chi connectivity index (χ1) is 0. The molecule has 0 aromatic heterocycles. The molecule has 0 heterocycles. The zero-order valence-corrected chi connectivity index (χ0v) is 1.80. The molecular weight excluding hydrogens is 67.8 g/mol. The van der Waals surface area contributed by atoms with Crippen molar-refractivity contribution in [2.24, 2.45) is 0 Å². The lowest BCUT2D eigenvalue weighted by Crippen LogP contribution is -0.381. The largest absolute Gasteiger partial charge is 1.00 e. The maximum absolute atomic E-state index is 0. The van der Waals surface area contributed by atoms with Gasteiger partial charge in [-0.2, -0.15) is 0 Å². The van der Waals surface area contributed by atoms with Crippen LogP contribution in [0.5, 0.6) is 0 Å². The second-order valence-corrected chi connectivity index (χ2v) is 0. The van der Waals surface area contributed by atoms with Crippen LogP contribution in [-0.4, -0.2) is 8.41 Å². The normalized spacial score (nSPS) is 0. The van der Waals surface area contributed by atoms with Crippen molar-refractivity contribution in [3.8, 4) is 0 Å². The summed E-state index contributed by atoms with van der Waals surface area (Å²) in [6.07, 6.45) is 0. The van der Waals surface area contributed by atoms with Crippen LogP contribution in [-0.2, 0) is 0 Å². The Balaban J connectivity index is 0. The lowest BCUT2D eigenvalue weighted by molar-refractivity contribution is 1.11.